The number of hydrogen-bond donors (Lipinski definition) is 2. The van der Waals surface area contributed by atoms with Crippen LogP contribution in [0.3, 0.4) is 0 Å². The minimum absolute atomic E-state index is 0.277. The Morgan fingerprint density at radius 3 is 2.79 bits per heavy atom. The molecular weight excluding hydrogens is 309 g/mol. The van der Waals surface area contributed by atoms with Gasteiger partial charge in [0.2, 0.25) is 0 Å². The maximum atomic E-state index is 13.2. The summed E-state index contributed by atoms with van der Waals surface area (Å²) >= 11 is 0. The number of aryl methyl sites for hydroxylation is 1. The monoisotopic (exact) mass is 323 g/mol. The molecule has 1 aromatic carbocycles. The molecule has 0 saturated carbocycles. The highest BCUT2D eigenvalue weighted by atomic mass is 19.1. The van der Waals surface area contributed by atoms with Gasteiger partial charge in [0.1, 0.15) is 5.82 Å². The summed E-state index contributed by atoms with van der Waals surface area (Å²) in [5.74, 6) is -0.568. The van der Waals surface area contributed by atoms with E-state index in [0.29, 0.717) is 23.3 Å². The zero-order valence-corrected chi connectivity index (χ0v) is 12.9. The number of amides is 1. The molecule has 2 N–H and O–H groups in total. The van der Waals surface area contributed by atoms with E-state index in [1.807, 2.05) is 6.92 Å². The minimum atomic E-state index is -0.291. The number of rotatable bonds is 2. The van der Waals surface area contributed by atoms with Gasteiger partial charge in [-0.3, -0.25) is 10.2 Å². The highest BCUT2D eigenvalue weighted by Crippen LogP contribution is 2.29. The summed E-state index contributed by atoms with van der Waals surface area (Å²) in [5.41, 5.74) is 9.48. The van der Waals surface area contributed by atoms with Crippen molar-refractivity contribution in [3.8, 4) is 11.1 Å². The van der Waals surface area contributed by atoms with Gasteiger partial charge in [-0.15, -0.1) is 0 Å². The van der Waals surface area contributed by atoms with Crippen molar-refractivity contribution in [2.45, 2.75) is 13.3 Å². The molecule has 4 rings (SSSR count). The van der Waals surface area contributed by atoms with Gasteiger partial charge in [0.05, 0.1) is 17.0 Å². The fourth-order valence-corrected chi connectivity index (χ4v) is 2.84. The molecule has 0 radical (unpaired) electrons. The zero-order chi connectivity index (χ0) is 16.7. The molecule has 120 valence electrons. The summed E-state index contributed by atoms with van der Waals surface area (Å²) in [6.07, 6.45) is 5.63. The Balaban J connectivity index is 2.03. The zero-order valence-electron chi connectivity index (χ0n) is 12.9. The summed E-state index contributed by atoms with van der Waals surface area (Å²) in [7, 11) is 0. The van der Waals surface area contributed by atoms with Gasteiger partial charge in [0, 0.05) is 18.0 Å². The minimum Gasteiger partial charge on any atom is -0.306 e. The van der Waals surface area contributed by atoms with Crippen LogP contribution >= 0.6 is 0 Å². The third kappa shape index (κ3) is 2.13. The fourth-order valence-electron chi connectivity index (χ4n) is 2.84. The lowest BCUT2D eigenvalue weighted by molar-refractivity contribution is 0.0941. The van der Waals surface area contributed by atoms with E-state index < -0.39 is 0 Å². The normalized spacial score (nSPS) is 13.3. The van der Waals surface area contributed by atoms with Gasteiger partial charge in [-0.1, -0.05) is 19.1 Å². The number of nitrogens with one attached hydrogen (secondary N) is 2. The predicted molar refractivity (Wildman–Crippen MR) is 87.4 cm³/mol. The molecular formula is C17H14FN5O. The first-order valence-corrected chi connectivity index (χ1v) is 7.58. The highest BCUT2D eigenvalue weighted by molar-refractivity contribution is 5.98. The summed E-state index contributed by atoms with van der Waals surface area (Å²) < 4.78 is 14.9. The van der Waals surface area contributed by atoms with Crippen molar-refractivity contribution in [1.82, 2.24) is 25.4 Å². The number of hydrazine groups is 1. The molecule has 0 atom stereocenters. The molecule has 1 amide bonds. The van der Waals surface area contributed by atoms with Gasteiger partial charge >= 0.3 is 0 Å². The lowest BCUT2D eigenvalue weighted by Crippen LogP contribution is -2.32. The van der Waals surface area contributed by atoms with E-state index >= 15 is 0 Å². The van der Waals surface area contributed by atoms with Crippen LogP contribution in [0, 0.1) is 5.82 Å². The summed E-state index contributed by atoms with van der Waals surface area (Å²) in [4.78, 5) is 16.5. The van der Waals surface area contributed by atoms with Crippen LogP contribution in [0.1, 0.15) is 28.7 Å². The summed E-state index contributed by atoms with van der Waals surface area (Å²) in [6.45, 7) is 2.00. The molecule has 3 heterocycles. The van der Waals surface area contributed by atoms with E-state index in [9.17, 15) is 9.18 Å². The van der Waals surface area contributed by atoms with Crippen molar-refractivity contribution in [1.29, 1.82) is 0 Å². The number of carbonyl (C=O) groups is 1. The summed E-state index contributed by atoms with van der Waals surface area (Å²) in [5, 5.41) is 4.62. The third-order valence-corrected chi connectivity index (χ3v) is 3.98. The van der Waals surface area contributed by atoms with Gasteiger partial charge in [0.25, 0.3) is 5.91 Å². The first-order chi connectivity index (χ1) is 11.7. The first-order valence-electron chi connectivity index (χ1n) is 7.58. The van der Waals surface area contributed by atoms with Gasteiger partial charge in [-0.25, -0.2) is 13.9 Å². The van der Waals surface area contributed by atoms with Crippen LogP contribution in [0.5, 0.6) is 0 Å². The van der Waals surface area contributed by atoms with E-state index in [1.54, 1.807) is 28.9 Å². The fraction of sp³-hybridized carbons (Fsp3) is 0.118. The molecule has 24 heavy (non-hydrogen) atoms. The molecule has 0 unspecified atom stereocenters. The van der Waals surface area contributed by atoms with E-state index in [4.69, 9.17) is 0 Å². The Bertz CT molecular complexity index is 975. The number of fused-ring (bicyclic) bond motifs is 3. The Hall–Kier alpha value is -3.22. The molecule has 0 aliphatic carbocycles. The second kappa shape index (κ2) is 5.45. The number of halogens is 1. The van der Waals surface area contributed by atoms with Crippen molar-refractivity contribution in [2.24, 2.45) is 0 Å². The lowest BCUT2D eigenvalue weighted by Gasteiger charge is -2.06. The first kappa shape index (κ1) is 14.4. The molecule has 3 aromatic rings. The second-order valence-corrected chi connectivity index (χ2v) is 5.41. The average molecular weight is 323 g/mol. The maximum Gasteiger partial charge on any atom is 0.273 e. The van der Waals surface area contributed by atoms with Crippen molar-refractivity contribution >= 4 is 17.6 Å². The summed E-state index contributed by atoms with van der Waals surface area (Å²) in [6, 6.07) is 6.25. The average Bonchev–Trinajstić information content (AvgIpc) is 2.87. The predicted octanol–water partition coefficient (Wildman–Crippen LogP) is 2.32. The van der Waals surface area contributed by atoms with Crippen LogP contribution in [-0.2, 0) is 6.42 Å². The van der Waals surface area contributed by atoms with Crippen LogP contribution < -0.4 is 10.9 Å². The molecule has 0 saturated heterocycles. The molecule has 0 spiro atoms. The van der Waals surface area contributed by atoms with Gasteiger partial charge in [-0.05, 0) is 30.2 Å². The van der Waals surface area contributed by atoms with Gasteiger partial charge < -0.3 is 5.43 Å². The topological polar surface area (TPSA) is 71.3 Å². The lowest BCUT2D eigenvalue weighted by atomic mass is 10.0. The second-order valence-electron chi connectivity index (χ2n) is 5.41. The van der Waals surface area contributed by atoms with E-state index in [1.165, 1.54) is 18.3 Å². The molecule has 1 aliphatic rings. The molecule has 6 nitrogen and oxygen atoms in total. The van der Waals surface area contributed by atoms with E-state index in [-0.39, 0.29) is 11.7 Å². The van der Waals surface area contributed by atoms with Crippen molar-refractivity contribution in [3.05, 3.63) is 59.4 Å². The molecule has 7 heteroatoms. The van der Waals surface area contributed by atoms with Crippen LogP contribution in [0.2, 0.25) is 0 Å². The van der Waals surface area contributed by atoms with E-state index in [2.05, 4.69) is 20.9 Å². The Morgan fingerprint density at radius 2 is 2.04 bits per heavy atom. The number of benzene rings is 1. The van der Waals surface area contributed by atoms with Crippen LogP contribution in [0.25, 0.3) is 22.9 Å². The third-order valence-electron chi connectivity index (χ3n) is 3.98. The smallest absolute Gasteiger partial charge is 0.273 e. The largest absolute Gasteiger partial charge is 0.306 e. The van der Waals surface area contributed by atoms with Crippen molar-refractivity contribution in [3.63, 3.8) is 0 Å². The molecule has 1 aliphatic heterocycles. The van der Waals surface area contributed by atoms with Crippen LogP contribution in [0.4, 0.5) is 4.39 Å². The number of carbonyl (C=O) groups excluding carboxylic acids is 1. The van der Waals surface area contributed by atoms with E-state index in [0.717, 1.165) is 16.8 Å². The quantitative estimate of drug-likeness (QED) is 0.759. The van der Waals surface area contributed by atoms with Crippen molar-refractivity contribution < 1.29 is 9.18 Å². The SMILES string of the molecule is CCc1nn2c3c(cnc2c1-c1ccc(F)cc1)C(=O)NNC=C3. The highest BCUT2D eigenvalue weighted by Gasteiger charge is 2.21. The molecule has 2 aromatic heterocycles. The number of hydrogen-bond acceptors (Lipinski definition) is 4. The Kier molecular flexibility index (Phi) is 3.26. The Labute approximate surface area is 137 Å². The Morgan fingerprint density at radius 1 is 1.25 bits per heavy atom. The number of nitrogens with zero attached hydrogens (tertiary/aromatic N) is 3. The maximum absolute atomic E-state index is 13.2. The van der Waals surface area contributed by atoms with Gasteiger partial charge in [-0.2, -0.15) is 5.10 Å². The number of aromatic nitrogens is 3. The van der Waals surface area contributed by atoms with Gasteiger partial charge in [0.15, 0.2) is 5.65 Å². The van der Waals surface area contributed by atoms with Crippen molar-refractivity contribution in [2.75, 3.05) is 0 Å². The molecule has 0 fully saturated rings. The molecule has 0 bridgehead atoms. The standard InChI is InChI=1S/C17H14FN5O/c1-2-13-15(10-3-5-11(18)6-4-10)16-19-9-12-14(23(16)22-13)7-8-20-21-17(12)24/h3-9,20H,2H2,1H3,(H,21,24). The van der Waals surface area contributed by atoms with Crippen LogP contribution in [0.15, 0.2) is 36.7 Å². The van der Waals surface area contributed by atoms with Crippen LogP contribution in [-0.4, -0.2) is 20.5 Å².